The maximum atomic E-state index is 12.1. The van der Waals surface area contributed by atoms with E-state index in [9.17, 15) is 8.78 Å². The van der Waals surface area contributed by atoms with E-state index in [1.54, 1.807) is 6.08 Å². The van der Waals surface area contributed by atoms with Crippen LogP contribution in [-0.2, 0) is 0 Å². The third-order valence-electron chi connectivity index (χ3n) is 1.67. The average Bonchev–Trinajstić information content (AvgIpc) is 2.35. The molecule has 1 aliphatic carbocycles. The van der Waals surface area contributed by atoms with E-state index >= 15 is 0 Å². The first-order valence-electron chi connectivity index (χ1n) is 3.15. The van der Waals surface area contributed by atoms with E-state index < -0.39 is 5.92 Å². The summed E-state index contributed by atoms with van der Waals surface area (Å²) < 4.78 is 24.2. The zero-order valence-electron chi connectivity index (χ0n) is 5.24. The Morgan fingerprint density at radius 2 is 2.22 bits per heavy atom. The molecule has 0 amide bonds. The van der Waals surface area contributed by atoms with Gasteiger partial charge in [0.25, 0.3) is 5.92 Å². The van der Waals surface area contributed by atoms with Crippen LogP contribution in [0.3, 0.4) is 0 Å². The summed E-state index contributed by atoms with van der Waals surface area (Å²) >= 11 is 0. The summed E-state index contributed by atoms with van der Waals surface area (Å²) in [6, 6.07) is 0. The molecular formula is C7H10F2. The van der Waals surface area contributed by atoms with E-state index in [4.69, 9.17) is 0 Å². The van der Waals surface area contributed by atoms with Gasteiger partial charge in [-0.3, -0.25) is 0 Å². The van der Waals surface area contributed by atoms with Crippen molar-refractivity contribution in [1.82, 2.24) is 0 Å². The lowest BCUT2D eigenvalue weighted by atomic mass is 10.2. The van der Waals surface area contributed by atoms with Crippen molar-refractivity contribution in [3.8, 4) is 0 Å². The topological polar surface area (TPSA) is 0 Å². The van der Waals surface area contributed by atoms with Crippen LogP contribution in [0, 0.1) is 5.92 Å². The van der Waals surface area contributed by atoms with Crippen molar-refractivity contribution in [3.63, 3.8) is 0 Å². The largest absolute Gasteiger partial charge is 0.251 e. The summed E-state index contributed by atoms with van der Waals surface area (Å²) in [5.41, 5.74) is 0. The van der Waals surface area contributed by atoms with Gasteiger partial charge in [-0.2, -0.15) is 0 Å². The molecule has 0 aromatic heterocycles. The van der Waals surface area contributed by atoms with Crippen molar-refractivity contribution < 1.29 is 8.78 Å². The van der Waals surface area contributed by atoms with Crippen LogP contribution in [0.2, 0.25) is 0 Å². The van der Waals surface area contributed by atoms with Crippen LogP contribution in [0.5, 0.6) is 0 Å². The predicted octanol–water partition coefficient (Wildman–Crippen LogP) is 2.61. The summed E-state index contributed by atoms with van der Waals surface area (Å²) in [7, 11) is 0. The van der Waals surface area contributed by atoms with Crippen molar-refractivity contribution in [2.75, 3.05) is 0 Å². The Morgan fingerprint density at radius 1 is 1.67 bits per heavy atom. The van der Waals surface area contributed by atoms with Crippen molar-refractivity contribution >= 4 is 0 Å². The molecular weight excluding hydrogens is 122 g/mol. The van der Waals surface area contributed by atoms with Crippen LogP contribution in [0.15, 0.2) is 12.7 Å². The highest BCUT2D eigenvalue weighted by Gasteiger charge is 2.55. The molecule has 2 heteroatoms. The minimum atomic E-state index is -2.33. The summed E-state index contributed by atoms with van der Waals surface area (Å²) in [4.78, 5) is 0. The number of allylic oxidation sites excluding steroid dienone is 1. The molecule has 9 heavy (non-hydrogen) atoms. The highest BCUT2D eigenvalue weighted by molar-refractivity contribution is 4.95. The molecule has 0 radical (unpaired) electrons. The Bertz CT molecular complexity index is 118. The third kappa shape index (κ3) is 1.50. The first-order chi connectivity index (χ1) is 4.17. The van der Waals surface area contributed by atoms with Gasteiger partial charge in [0, 0.05) is 12.3 Å². The number of halogens is 2. The minimum Gasteiger partial charge on any atom is -0.207 e. The van der Waals surface area contributed by atoms with Crippen LogP contribution >= 0.6 is 0 Å². The van der Waals surface area contributed by atoms with Gasteiger partial charge in [0.2, 0.25) is 0 Å². The number of hydrogen-bond donors (Lipinski definition) is 0. The van der Waals surface area contributed by atoms with E-state index in [2.05, 4.69) is 6.58 Å². The summed E-state index contributed by atoms with van der Waals surface area (Å²) in [6.45, 7) is 3.46. The third-order valence-corrected chi connectivity index (χ3v) is 1.67. The zero-order valence-corrected chi connectivity index (χ0v) is 5.24. The number of rotatable bonds is 3. The quantitative estimate of drug-likeness (QED) is 0.518. The van der Waals surface area contributed by atoms with E-state index in [-0.39, 0.29) is 12.3 Å². The molecule has 1 atom stereocenters. The van der Waals surface area contributed by atoms with Gasteiger partial charge >= 0.3 is 0 Å². The smallest absolute Gasteiger partial charge is 0.207 e. The summed E-state index contributed by atoms with van der Waals surface area (Å²) in [5, 5.41) is 0. The molecule has 0 bridgehead atoms. The van der Waals surface area contributed by atoms with Gasteiger partial charge in [0.05, 0.1) is 0 Å². The second-order valence-electron chi connectivity index (χ2n) is 2.53. The van der Waals surface area contributed by atoms with Crippen LogP contribution in [0.25, 0.3) is 0 Å². The molecule has 1 rings (SSSR count). The van der Waals surface area contributed by atoms with Crippen LogP contribution in [-0.4, -0.2) is 5.92 Å². The highest BCUT2D eigenvalue weighted by atomic mass is 19.3. The van der Waals surface area contributed by atoms with Gasteiger partial charge in [-0.15, -0.1) is 6.58 Å². The Morgan fingerprint density at radius 3 is 2.56 bits per heavy atom. The summed E-state index contributed by atoms with van der Waals surface area (Å²) in [5.74, 6) is -2.67. The molecule has 0 aromatic carbocycles. The monoisotopic (exact) mass is 132 g/mol. The van der Waals surface area contributed by atoms with Crippen molar-refractivity contribution in [2.45, 2.75) is 25.2 Å². The molecule has 1 unspecified atom stereocenters. The second kappa shape index (κ2) is 2.09. The average molecular weight is 132 g/mol. The first kappa shape index (κ1) is 6.72. The molecule has 0 spiro atoms. The molecule has 52 valence electrons. The molecule has 0 aromatic rings. The fraction of sp³-hybridized carbons (Fsp3) is 0.714. The van der Waals surface area contributed by atoms with Gasteiger partial charge in [-0.1, -0.05) is 6.08 Å². The highest BCUT2D eigenvalue weighted by Crippen LogP contribution is 2.51. The van der Waals surface area contributed by atoms with Gasteiger partial charge in [-0.05, 0) is 12.8 Å². The Hall–Kier alpha value is -0.400. The van der Waals surface area contributed by atoms with Gasteiger partial charge in [0.1, 0.15) is 0 Å². The molecule has 1 saturated carbocycles. The second-order valence-corrected chi connectivity index (χ2v) is 2.53. The molecule has 0 N–H and O–H groups in total. The standard InChI is InChI=1S/C7H10F2/c1-2-3-4-6-5-7(6,8)9/h2,6H,1,3-5H2. The normalized spacial score (nSPS) is 29.8. The van der Waals surface area contributed by atoms with Gasteiger partial charge in [0.15, 0.2) is 0 Å². The first-order valence-corrected chi connectivity index (χ1v) is 3.15. The lowest BCUT2D eigenvalue weighted by molar-refractivity contribution is 0.0973. The Balaban J connectivity index is 2.12. The van der Waals surface area contributed by atoms with Crippen LogP contribution in [0.4, 0.5) is 8.78 Å². The Kier molecular flexibility index (Phi) is 1.56. The van der Waals surface area contributed by atoms with E-state index in [0.717, 1.165) is 6.42 Å². The number of alkyl halides is 2. The molecule has 0 nitrogen and oxygen atoms in total. The zero-order chi connectivity index (χ0) is 6.91. The molecule has 1 aliphatic rings. The fourth-order valence-corrected chi connectivity index (χ4v) is 0.902. The predicted molar refractivity (Wildman–Crippen MR) is 32.5 cm³/mol. The summed E-state index contributed by atoms with van der Waals surface area (Å²) in [6.07, 6.45) is 3.12. The van der Waals surface area contributed by atoms with Crippen molar-refractivity contribution in [2.24, 2.45) is 5.92 Å². The van der Waals surface area contributed by atoms with Gasteiger partial charge < -0.3 is 0 Å². The van der Waals surface area contributed by atoms with Crippen molar-refractivity contribution in [1.29, 1.82) is 0 Å². The van der Waals surface area contributed by atoms with E-state index in [1.807, 2.05) is 0 Å². The van der Waals surface area contributed by atoms with Gasteiger partial charge in [-0.25, -0.2) is 8.78 Å². The SMILES string of the molecule is C=CCCC1CC1(F)F. The maximum absolute atomic E-state index is 12.1. The molecule has 1 fully saturated rings. The van der Waals surface area contributed by atoms with Crippen LogP contribution in [0.1, 0.15) is 19.3 Å². The van der Waals surface area contributed by atoms with E-state index in [0.29, 0.717) is 6.42 Å². The molecule has 0 heterocycles. The molecule has 0 aliphatic heterocycles. The van der Waals surface area contributed by atoms with Crippen molar-refractivity contribution in [3.05, 3.63) is 12.7 Å². The lowest BCUT2D eigenvalue weighted by Gasteiger charge is -1.91. The Labute approximate surface area is 53.6 Å². The maximum Gasteiger partial charge on any atom is 0.251 e. The lowest BCUT2D eigenvalue weighted by Crippen LogP contribution is -1.92. The minimum absolute atomic E-state index is 0.0981. The van der Waals surface area contributed by atoms with E-state index in [1.165, 1.54) is 0 Å². The molecule has 0 saturated heterocycles. The number of hydrogen-bond acceptors (Lipinski definition) is 0. The fourth-order valence-electron chi connectivity index (χ4n) is 0.902. The van der Waals surface area contributed by atoms with Crippen LogP contribution < -0.4 is 0 Å².